The van der Waals surface area contributed by atoms with Gasteiger partial charge in [-0.2, -0.15) is 0 Å². The quantitative estimate of drug-likeness (QED) is 0.635. The molecule has 0 aliphatic carbocycles. The zero-order chi connectivity index (χ0) is 17.9. The van der Waals surface area contributed by atoms with Crippen molar-refractivity contribution in [3.05, 3.63) is 57.6 Å². The lowest BCUT2D eigenvalue weighted by Gasteiger charge is -2.12. The molecule has 0 aromatic heterocycles. The molecule has 128 valence electrons. The van der Waals surface area contributed by atoms with E-state index >= 15 is 0 Å². The number of benzene rings is 2. The third kappa shape index (κ3) is 4.02. The van der Waals surface area contributed by atoms with Crippen LogP contribution in [-0.2, 0) is 16.4 Å². The number of hydrogen-bond acceptors (Lipinski definition) is 6. The molecule has 2 aromatic rings. The summed E-state index contributed by atoms with van der Waals surface area (Å²) in [4.78, 5) is 9.96. The fourth-order valence-corrected chi connectivity index (χ4v) is 3.13. The highest BCUT2D eigenvalue weighted by molar-refractivity contribution is 7.90. The van der Waals surface area contributed by atoms with E-state index in [2.05, 4.69) is 5.32 Å². The summed E-state index contributed by atoms with van der Waals surface area (Å²) >= 11 is 0. The van der Waals surface area contributed by atoms with E-state index in [4.69, 9.17) is 4.74 Å². The maximum Gasteiger partial charge on any atom is 0.288 e. The molecular formula is C16H18N2O5S. The van der Waals surface area contributed by atoms with Gasteiger partial charge in [-0.3, -0.25) is 10.1 Å². The van der Waals surface area contributed by atoms with Crippen molar-refractivity contribution in [2.24, 2.45) is 0 Å². The Bertz CT molecular complexity index is 878. The third-order valence-electron chi connectivity index (χ3n) is 3.48. The topological polar surface area (TPSA) is 98.5 Å². The molecule has 7 nitrogen and oxygen atoms in total. The van der Waals surface area contributed by atoms with Crippen LogP contribution in [-0.4, -0.2) is 26.7 Å². The highest BCUT2D eigenvalue weighted by Crippen LogP contribution is 2.28. The van der Waals surface area contributed by atoms with Gasteiger partial charge in [-0.05, 0) is 30.7 Å². The van der Waals surface area contributed by atoms with Crippen molar-refractivity contribution in [2.75, 3.05) is 18.7 Å². The van der Waals surface area contributed by atoms with Crippen LogP contribution in [0.1, 0.15) is 11.1 Å². The second kappa shape index (κ2) is 6.88. The summed E-state index contributed by atoms with van der Waals surface area (Å²) in [7, 11) is -2.13. The van der Waals surface area contributed by atoms with Crippen LogP contribution in [0.4, 0.5) is 11.4 Å². The summed E-state index contributed by atoms with van der Waals surface area (Å²) in [6, 6.07) is 9.68. The molecule has 0 aliphatic rings. The first-order valence-corrected chi connectivity index (χ1v) is 8.97. The smallest absolute Gasteiger partial charge is 0.288 e. The lowest BCUT2D eigenvalue weighted by molar-refractivity contribution is -0.387. The normalized spacial score (nSPS) is 11.1. The number of ether oxygens (including phenoxy) is 1. The minimum absolute atomic E-state index is 0.312. The second-order valence-electron chi connectivity index (χ2n) is 5.38. The van der Waals surface area contributed by atoms with Crippen molar-refractivity contribution in [1.29, 1.82) is 0 Å². The van der Waals surface area contributed by atoms with Gasteiger partial charge in [0.25, 0.3) is 5.69 Å². The number of aryl methyl sites for hydroxylation is 1. The van der Waals surface area contributed by atoms with Crippen LogP contribution in [0.5, 0.6) is 5.75 Å². The molecule has 2 rings (SSSR count). The molecule has 0 spiro atoms. The van der Waals surface area contributed by atoms with E-state index in [0.29, 0.717) is 18.0 Å². The van der Waals surface area contributed by atoms with Gasteiger partial charge in [0.1, 0.15) is 10.6 Å². The largest absolute Gasteiger partial charge is 0.496 e. The number of nitrogens with zero attached hydrogens (tertiary/aromatic N) is 1. The Balaban J connectivity index is 2.30. The Morgan fingerprint density at radius 1 is 1.21 bits per heavy atom. The van der Waals surface area contributed by atoms with E-state index in [9.17, 15) is 18.5 Å². The molecule has 0 saturated carbocycles. The van der Waals surface area contributed by atoms with E-state index in [1.807, 2.05) is 25.1 Å². The molecule has 0 bridgehead atoms. The van der Waals surface area contributed by atoms with Crippen molar-refractivity contribution in [3.8, 4) is 5.75 Å². The van der Waals surface area contributed by atoms with Crippen LogP contribution in [0.3, 0.4) is 0 Å². The van der Waals surface area contributed by atoms with Crippen molar-refractivity contribution in [1.82, 2.24) is 0 Å². The van der Waals surface area contributed by atoms with Gasteiger partial charge in [-0.1, -0.05) is 12.1 Å². The fourth-order valence-electron chi connectivity index (χ4n) is 2.27. The summed E-state index contributed by atoms with van der Waals surface area (Å²) in [5, 5.41) is 14.0. The average Bonchev–Trinajstić information content (AvgIpc) is 2.52. The van der Waals surface area contributed by atoms with Crippen LogP contribution < -0.4 is 10.1 Å². The van der Waals surface area contributed by atoms with E-state index < -0.39 is 20.4 Å². The fraction of sp³-hybridized carbons (Fsp3) is 0.250. The van der Waals surface area contributed by atoms with Crippen molar-refractivity contribution >= 4 is 21.2 Å². The van der Waals surface area contributed by atoms with Gasteiger partial charge in [0.05, 0.1) is 12.0 Å². The van der Waals surface area contributed by atoms with Gasteiger partial charge in [0.15, 0.2) is 9.84 Å². The van der Waals surface area contributed by atoms with Gasteiger partial charge in [0, 0.05) is 30.1 Å². The first-order chi connectivity index (χ1) is 11.2. The number of hydrogen-bond donors (Lipinski definition) is 1. The molecule has 24 heavy (non-hydrogen) atoms. The predicted molar refractivity (Wildman–Crippen MR) is 91.3 cm³/mol. The summed E-state index contributed by atoms with van der Waals surface area (Å²) in [5.74, 6) is 0.716. The first-order valence-electron chi connectivity index (χ1n) is 7.08. The molecule has 0 aliphatic heterocycles. The lowest BCUT2D eigenvalue weighted by atomic mass is 10.1. The molecule has 8 heteroatoms. The van der Waals surface area contributed by atoms with E-state index in [1.165, 1.54) is 18.2 Å². The summed E-state index contributed by atoms with van der Waals surface area (Å²) in [6.45, 7) is 2.35. The molecule has 0 fully saturated rings. The number of nitrogens with one attached hydrogen (secondary N) is 1. The Hall–Kier alpha value is -2.61. The molecule has 0 radical (unpaired) electrons. The lowest BCUT2D eigenvalue weighted by Crippen LogP contribution is -2.06. The minimum Gasteiger partial charge on any atom is -0.496 e. The van der Waals surface area contributed by atoms with Crippen LogP contribution in [0, 0.1) is 17.0 Å². The van der Waals surface area contributed by atoms with E-state index in [-0.39, 0.29) is 4.90 Å². The highest BCUT2D eigenvalue weighted by Gasteiger charge is 2.22. The zero-order valence-electron chi connectivity index (χ0n) is 13.6. The van der Waals surface area contributed by atoms with E-state index in [1.54, 1.807) is 7.11 Å². The molecule has 0 amide bonds. The SMILES string of the molecule is COc1cc(C)ccc1CNc1ccc([N+](=O)[O-])c(S(C)(=O)=O)c1. The van der Waals surface area contributed by atoms with Gasteiger partial charge in [0.2, 0.25) is 0 Å². The molecule has 0 saturated heterocycles. The monoisotopic (exact) mass is 350 g/mol. The number of rotatable bonds is 6. The predicted octanol–water partition coefficient (Wildman–Crippen LogP) is 2.93. The summed E-state index contributed by atoms with van der Waals surface area (Å²) in [6.07, 6.45) is 0.947. The average molecular weight is 350 g/mol. The van der Waals surface area contributed by atoms with Gasteiger partial charge in [-0.15, -0.1) is 0 Å². The third-order valence-corrected chi connectivity index (χ3v) is 4.61. The Morgan fingerprint density at radius 3 is 2.50 bits per heavy atom. The molecule has 0 atom stereocenters. The number of methoxy groups -OCH3 is 1. The summed E-state index contributed by atoms with van der Waals surface area (Å²) in [5.41, 5.74) is 1.99. The molecule has 0 unspecified atom stereocenters. The number of anilines is 1. The van der Waals surface area contributed by atoms with Crippen molar-refractivity contribution in [3.63, 3.8) is 0 Å². The maximum atomic E-state index is 11.8. The van der Waals surface area contributed by atoms with Crippen molar-refractivity contribution < 1.29 is 18.1 Å². The van der Waals surface area contributed by atoms with Crippen LogP contribution in [0.2, 0.25) is 0 Å². The summed E-state index contributed by atoms with van der Waals surface area (Å²) < 4.78 is 28.9. The Kier molecular flexibility index (Phi) is 5.08. The van der Waals surface area contributed by atoms with Gasteiger partial charge >= 0.3 is 0 Å². The zero-order valence-corrected chi connectivity index (χ0v) is 14.4. The van der Waals surface area contributed by atoms with Gasteiger partial charge < -0.3 is 10.1 Å². The molecular weight excluding hydrogens is 332 g/mol. The van der Waals surface area contributed by atoms with Crippen LogP contribution in [0.25, 0.3) is 0 Å². The van der Waals surface area contributed by atoms with Crippen molar-refractivity contribution in [2.45, 2.75) is 18.4 Å². The maximum absolute atomic E-state index is 11.8. The van der Waals surface area contributed by atoms with Gasteiger partial charge in [-0.25, -0.2) is 8.42 Å². The highest BCUT2D eigenvalue weighted by atomic mass is 32.2. The number of sulfone groups is 1. The number of nitro groups is 1. The van der Waals surface area contributed by atoms with E-state index in [0.717, 1.165) is 17.4 Å². The molecule has 2 aromatic carbocycles. The van der Waals surface area contributed by atoms with Crippen LogP contribution in [0.15, 0.2) is 41.3 Å². The first kappa shape index (κ1) is 17.7. The second-order valence-corrected chi connectivity index (χ2v) is 7.36. The Labute approximate surface area is 140 Å². The minimum atomic E-state index is -3.71. The Morgan fingerprint density at radius 2 is 1.92 bits per heavy atom. The molecule has 0 heterocycles. The van der Waals surface area contributed by atoms with Crippen LogP contribution >= 0.6 is 0 Å². The molecule has 1 N–H and O–H groups in total. The standard InChI is InChI=1S/C16H18N2O5S/c1-11-4-5-12(15(8-11)23-2)10-17-13-6-7-14(18(19)20)16(9-13)24(3,21)22/h4-9,17H,10H2,1-3H3. The number of nitro benzene ring substituents is 1.